The maximum atomic E-state index is 13.7. The smallest absolute Gasteiger partial charge is 0.333 e. The van der Waals surface area contributed by atoms with Crippen LogP contribution >= 0.6 is 0 Å². The number of piperazine rings is 1. The highest BCUT2D eigenvalue weighted by molar-refractivity contribution is 5.92. The van der Waals surface area contributed by atoms with Crippen molar-refractivity contribution < 1.29 is 18.8 Å². The van der Waals surface area contributed by atoms with Gasteiger partial charge in [-0.1, -0.05) is 62.2 Å². The zero-order valence-corrected chi connectivity index (χ0v) is 21.3. The van der Waals surface area contributed by atoms with Gasteiger partial charge in [0.1, 0.15) is 18.0 Å². The number of nitrogens with one attached hydrogen (secondary N) is 1. The van der Waals surface area contributed by atoms with Gasteiger partial charge < -0.3 is 15.1 Å². The van der Waals surface area contributed by atoms with Crippen molar-refractivity contribution in [1.82, 2.24) is 25.1 Å². The number of hydrogen-bond acceptors (Lipinski definition) is 4. The van der Waals surface area contributed by atoms with E-state index in [0.717, 1.165) is 11.1 Å². The highest BCUT2D eigenvalue weighted by Crippen LogP contribution is 2.34. The summed E-state index contributed by atoms with van der Waals surface area (Å²) in [6.45, 7) is 5.96. The Morgan fingerprint density at radius 2 is 1.78 bits per heavy atom. The maximum Gasteiger partial charge on any atom is 0.334 e. The quantitative estimate of drug-likeness (QED) is 0.613. The predicted octanol–water partition coefficient (Wildman–Crippen LogP) is 2.98. The number of carbonyl (C=O) groups excluding carboxylic acids is 3. The zero-order valence-electron chi connectivity index (χ0n) is 21.3. The van der Waals surface area contributed by atoms with Gasteiger partial charge in [0.25, 0.3) is 0 Å². The summed E-state index contributed by atoms with van der Waals surface area (Å²) in [6, 6.07) is 13.9. The van der Waals surface area contributed by atoms with Gasteiger partial charge in [-0.05, 0) is 36.1 Å². The molecule has 37 heavy (non-hydrogen) atoms. The molecule has 0 aliphatic carbocycles. The summed E-state index contributed by atoms with van der Waals surface area (Å²) in [4.78, 5) is 43.9. The highest BCUT2D eigenvalue weighted by atomic mass is 19.1. The van der Waals surface area contributed by atoms with E-state index in [9.17, 15) is 18.8 Å². The molecule has 9 heteroatoms. The van der Waals surface area contributed by atoms with Crippen LogP contribution in [0.25, 0.3) is 0 Å². The Kier molecular flexibility index (Phi) is 7.79. The van der Waals surface area contributed by atoms with E-state index in [0.29, 0.717) is 6.54 Å². The van der Waals surface area contributed by atoms with Crippen LogP contribution in [0.1, 0.15) is 37.9 Å². The third-order valence-corrected chi connectivity index (χ3v) is 6.93. The summed E-state index contributed by atoms with van der Waals surface area (Å²) >= 11 is 0. The molecule has 2 aromatic rings. The molecule has 1 N–H and O–H groups in total. The maximum absolute atomic E-state index is 13.7. The number of rotatable bonds is 6. The van der Waals surface area contributed by atoms with Gasteiger partial charge in [0.2, 0.25) is 11.8 Å². The molecule has 2 heterocycles. The summed E-state index contributed by atoms with van der Waals surface area (Å²) in [5.74, 6) is 1.52. The Balaban J connectivity index is 1.69. The number of terminal acetylenes is 1. The van der Waals surface area contributed by atoms with E-state index < -0.39 is 24.3 Å². The molecule has 3 atom stereocenters. The molecule has 1 unspecified atom stereocenters. The molecule has 0 spiro atoms. The molecule has 194 valence electrons. The van der Waals surface area contributed by atoms with Crippen molar-refractivity contribution in [3.05, 3.63) is 71.5 Å². The predicted molar refractivity (Wildman–Crippen MR) is 137 cm³/mol. The lowest BCUT2D eigenvalue weighted by atomic mass is 9.94. The average molecular weight is 506 g/mol. The second-order valence-electron chi connectivity index (χ2n) is 9.70. The standard InChI is InChI=1S/C28H32FN5O3/c1-5-15-31-18-25(35)33-24(34(31)28(37)30-16-21-9-7-6-8-10-21)17-32(27(36)26(33)19(2)3)20(4)22-11-13-23(29)14-12-22/h1,6-14,19-20,24,26H,15-18H2,2-4H3,(H,30,37)/t20?,24-,26-/m0/s1. The van der Waals surface area contributed by atoms with Gasteiger partial charge >= 0.3 is 6.03 Å². The number of benzene rings is 2. The lowest BCUT2D eigenvalue weighted by Crippen LogP contribution is -2.77. The van der Waals surface area contributed by atoms with Crippen molar-refractivity contribution in [2.75, 3.05) is 19.6 Å². The number of halogens is 1. The number of hydrogen-bond donors (Lipinski definition) is 1. The molecule has 0 radical (unpaired) electrons. The summed E-state index contributed by atoms with van der Waals surface area (Å²) in [6.07, 6.45) is 4.84. The summed E-state index contributed by atoms with van der Waals surface area (Å²) in [7, 11) is 0. The third-order valence-electron chi connectivity index (χ3n) is 6.93. The minimum atomic E-state index is -0.758. The van der Waals surface area contributed by atoms with Gasteiger partial charge in [-0.2, -0.15) is 5.01 Å². The fourth-order valence-corrected chi connectivity index (χ4v) is 5.08. The molecule has 2 aliphatic rings. The van der Waals surface area contributed by atoms with E-state index in [1.165, 1.54) is 22.0 Å². The van der Waals surface area contributed by atoms with Crippen LogP contribution in [0.15, 0.2) is 54.6 Å². The Hall–Kier alpha value is -3.90. The Morgan fingerprint density at radius 3 is 2.41 bits per heavy atom. The zero-order chi connectivity index (χ0) is 26.7. The van der Waals surface area contributed by atoms with E-state index in [1.807, 2.05) is 51.1 Å². The van der Waals surface area contributed by atoms with Crippen LogP contribution in [0.5, 0.6) is 0 Å². The molecule has 0 aromatic heterocycles. The number of amides is 4. The molecular weight excluding hydrogens is 473 g/mol. The van der Waals surface area contributed by atoms with Crippen LogP contribution in [0.4, 0.5) is 9.18 Å². The van der Waals surface area contributed by atoms with Gasteiger partial charge in [0.15, 0.2) is 0 Å². The minimum Gasteiger partial charge on any atom is -0.333 e. The Labute approximate surface area is 217 Å². The topological polar surface area (TPSA) is 76.2 Å². The monoisotopic (exact) mass is 505 g/mol. The molecule has 4 amide bonds. The molecule has 0 bridgehead atoms. The molecule has 2 fully saturated rings. The second kappa shape index (κ2) is 11.0. The van der Waals surface area contributed by atoms with Gasteiger partial charge in [0.05, 0.1) is 25.7 Å². The molecule has 4 rings (SSSR count). The number of nitrogens with zero attached hydrogens (tertiary/aromatic N) is 4. The van der Waals surface area contributed by atoms with Crippen LogP contribution in [0.3, 0.4) is 0 Å². The number of carbonyl (C=O) groups is 3. The van der Waals surface area contributed by atoms with Crippen molar-refractivity contribution >= 4 is 17.8 Å². The first-order valence-corrected chi connectivity index (χ1v) is 12.4. The van der Waals surface area contributed by atoms with Crippen molar-refractivity contribution in [3.8, 4) is 12.3 Å². The summed E-state index contributed by atoms with van der Waals surface area (Å²) in [5, 5.41) is 5.97. The molecule has 2 saturated heterocycles. The summed E-state index contributed by atoms with van der Waals surface area (Å²) in [5.41, 5.74) is 1.68. The van der Waals surface area contributed by atoms with E-state index >= 15 is 0 Å². The fraction of sp³-hybridized carbons (Fsp3) is 0.393. The highest BCUT2D eigenvalue weighted by Gasteiger charge is 2.52. The normalized spacial score (nSPS) is 21.0. The molecule has 2 aliphatic heterocycles. The van der Waals surface area contributed by atoms with E-state index in [1.54, 1.807) is 22.0 Å². The van der Waals surface area contributed by atoms with Gasteiger partial charge in [-0.15, -0.1) is 6.42 Å². The number of fused-ring (bicyclic) bond motifs is 1. The van der Waals surface area contributed by atoms with Crippen molar-refractivity contribution in [3.63, 3.8) is 0 Å². The molecule has 0 saturated carbocycles. The lowest BCUT2D eigenvalue weighted by molar-refractivity contribution is -0.193. The van der Waals surface area contributed by atoms with Gasteiger partial charge in [-0.3, -0.25) is 9.59 Å². The van der Waals surface area contributed by atoms with E-state index in [4.69, 9.17) is 6.42 Å². The van der Waals surface area contributed by atoms with Crippen LogP contribution < -0.4 is 5.32 Å². The fourth-order valence-electron chi connectivity index (χ4n) is 5.08. The average Bonchev–Trinajstić information content (AvgIpc) is 2.88. The van der Waals surface area contributed by atoms with Crippen molar-refractivity contribution in [1.29, 1.82) is 0 Å². The molecular formula is C28H32FN5O3. The third kappa shape index (κ3) is 5.30. The van der Waals surface area contributed by atoms with Crippen molar-refractivity contribution in [2.24, 2.45) is 5.92 Å². The second-order valence-corrected chi connectivity index (χ2v) is 9.70. The van der Waals surface area contributed by atoms with Crippen LogP contribution in [-0.2, 0) is 16.1 Å². The van der Waals surface area contributed by atoms with E-state index in [-0.39, 0.29) is 43.2 Å². The largest absolute Gasteiger partial charge is 0.334 e. The first kappa shape index (κ1) is 26.2. The SMILES string of the molecule is C#CCN1CC(=O)N2[C@@H](C(C)C)C(=O)N(C(C)c3ccc(F)cc3)C[C@@H]2N1C(=O)NCc1ccccc1. The van der Waals surface area contributed by atoms with Crippen LogP contribution in [0, 0.1) is 24.1 Å². The molecule has 8 nitrogen and oxygen atoms in total. The number of hydrazine groups is 1. The van der Waals surface area contributed by atoms with E-state index in [2.05, 4.69) is 11.2 Å². The first-order valence-electron chi connectivity index (χ1n) is 12.4. The molecule has 2 aromatic carbocycles. The lowest BCUT2D eigenvalue weighted by Gasteiger charge is -2.56. The van der Waals surface area contributed by atoms with Crippen molar-refractivity contribution in [2.45, 2.75) is 45.6 Å². The van der Waals surface area contributed by atoms with Gasteiger partial charge in [-0.25, -0.2) is 14.2 Å². The Morgan fingerprint density at radius 1 is 1.11 bits per heavy atom. The minimum absolute atomic E-state index is 0.0582. The van der Waals surface area contributed by atoms with Crippen LogP contribution in [0.2, 0.25) is 0 Å². The number of urea groups is 1. The Bertz CT molecular complexity index is 1180. The van der Waals surface area contributed by atoms with Gasteiger partial charge in [0, 0.05) is 6.54 Å². The van der Waals surface area contributed by atoms with Crippen LogP contribution in [-0.4, -0.2) is 69.5 Å². The summed E-state index contributed by atoms with van der Waals surface area (Å²) < 4.78 is 13.6. The first-order chi connectivity index (χ1) is 17.7.